The zero-order valence-electron chi connectivity index (χ0n) is 18.2. The van der Waals surface area contributed by atoms with Gasteiger partial charge >= 0.3 is 6.09 Å². The fraction of sp³-hybridized carbons (Fsp3) is 0.560. The molecule has 0 aliphatic carbocycles. The highest BCUT2D eigenvalue weighted by Gasteiger charge is 2.37. The number of ether oxygens (including phenoxy) is 1. The summed E-state index contributed by atoms with van der Waals surface area (Å²) in [6.45, 7) is 10.8. The summed E-state index contributed by atoms with van der Waals surface area (Å²) in [7, 11) is 0. The Labute approximate surface area is 175 Å². The SMILES string of the molecule is CCOC(=O)NCC(CCN1CCCCC1)(c1cccc2ccccc12)C(C)C. The highest BCUT2D eigenvalue weighted by atomic mass is 16.5. The first kappa shape index (κ1) is 21.6. The second kappa shape index (κ2) is 10.1. The van der Waals surface area contributed by atoms with E-state index >= 15 is 0 Å². The number of alkyl carbamates (subject to hydrolysis) is 1. The maximum absolute atomic E-state index is 12.2. The van der Waals surface area contributed by atoms with Crippen LogP contribution in [0.3, 0.4) is 0 Å². The van der Waals surface area contributed by atoms with Gasteiger partial charge < -0.3 is 15.0 Å². The molecule has 0 aromatic heterocycles. The van der Waals surface area contributed by atoms with Crippen molar-refractivity contribution in [1.82, 2.24) is 10.2 Å². The van der Waals surface area contributed by atoms with E-state index in [1.54, 1.807) is 0 Å². The molecule has 1 amide bonds. The summed E-state index contributed by atoms with van der Waals surface area (Å²) in [4.78, 5) is 14.8. The van der Waals surface area contributed by atoms with Gasteiger partial charge in [-0.15, -0.1) is 0 Å². The molecule has 0 saturated carbocycles. The quantitative estimate of drug-likeness (QED) is 0.653. The molecule has 158 valence electrons. The molecule has 1 aliphatic heterocycles. The minimum atomic E-state index is -0.323. The van der Waals surface area contributed by atoms with E-state index in [1.165, 1.54) is 48.7 Å². The van der Waals surface area contributed by atoms with Crippen molar-refractivity contribution in [3.63, 3.8) is 0 Å². The molecule has 3 rings (SSSR count). The van der Waals surface area contributed by atoms with Crippen molar-refractivity contribution in [3.8, 4) is 0 Å². The van der Waals surface area contributed by atoms with Gasteiger partial charge in [0.1, 0.15) is 0 Å². The standard InChI is InChI=1S/C25H36N2O2/c1-4-29-24(28)26-19-25(20(2)3,15-18-27-16-8-5-9-17-27)23-14-10-12-21-11-6-7-13-22(21)23/h6-7,10-14,20H,4-5,8-9,15-19H2,1-3H3,(H,26,28). The van der Waals surface area contributed by atoms with Crippen LogP contribution in [0.25, 0.3) is 10.8 Å². The van der Waals surface area contributed by atoms with Crippen molar-refractivity contribution in [2.24, 2.45) is 5.92 Å². The van der Waals surface area contributed by atoms with Crippen LogP contribution in [-0.2, 0) is 10.2 Å². The number of hydrogen-bond acceptors (Lipinski definition) is 3. The average molecular weight is 397 g/mol. The van der Waals surface area contributed by atoms with Crippen molar-refractivity contribution < 1.29 is 9.53 Å². The molecular weight excluding hydrogens is 360 g/mol. The smallest absolute Gasteiger partial charge is 0.407 e. The number of piperidine rings is 1. The van der Waals surface area contributed by atoms with Gasteiger partial charge in [0.15, 0.2) is 0 Å². The van der Waals surface area contributed by atoms with Crippen molar-refractivity contribution in [2.75, 3.05) is 32.8 Å². The number of rotatable bonds is 8. The van der Waals surface area contributed by atoms with E-state index in [-0.39, 0.29) is 11.5 Å². The zero-order chi connectivity index (χ0) is 20.7. The third-order valence-electron chi connectivity index (χ3n) is 6.58. The van der Waals surface area contributed by atoms with E-state index in [9.17, 15) is 4.79 Å². The number of amides is 1. The van der Waals surface area contributed by atoms with Crippen molar-refractivity contribution in [3.05, 3.63) is 48.0 Å². The van der Waals surface area contributed by atoms with Crippen LogP contribution < -0.4 is 5.32 Å². The summed E-state index contributed by atoms with van der Waals surface area (Å²) in [6.07, 6.45) is 4.63. The van der Waals surface area contributed by atoms with Crippen LogP contribution in [0.2, 0.25) is 0 Å². The van der Waals surface area contributed by atoms with E-state index in [0.717, 1.165) is 13.0 Å². The predicted molar refractivity (Wildman–Crippen MR) is 120 cm³/mol. The van der Waals surface area contributed by atoms with Crippen molar-refractivity contribution >= 4 is 16.9 Å². The molecule has 1 saturated heterocycles. The van der Waals surface area contributed by atoms with Gasteiger partial charge in [-0.1, -0.05) is 62.7 Å². The van der Waals surface area contributed by atoms with E-state index in [1.807, 2.05) is 6.92 Å². The van der Waals surface area contributed by atoms with Gasteiger partial charge in [0.05, 0.1) is 6.61 Å². The molecule has 2 aromatic rings. The lowest BCUT2D eigenvalue weighted by Crippen LogP contribution is -2.47. The Kier molecular flexibility index (Phi) is 7.54. The zero-order valence-corrected chi connectivity index (χ0v) is 18.2. The number of nitrogens with zero attached hydrogens (tertiary/aromatic N) is 1. The highest BCUT2D eigenvalue weighted by Crippen LogP contribution is 2.39. The van der Waals surface area contributed by atoms with Crippen LogP contribution in [0, 0.1) is 5.92 Å². The molecule has 1 atom stereocenters. The number of hydrogen-bond donors (Lipinski definition) is 1. The molecular formula is C25H36N2O2. The van der Waals surface area contributed by atoms with Crippen LogP contribution >= 0.6 is 0 Å². The summed E-state index contributed by atoms with van der Waals surface area (Å²) in [6, 6.07) is 15.2. The average Bonchev–Trinajstić information content (AvgIpc) is 2.74. The number of carbonyl (C=O) groups excluding carboxylic acids is 1. The summed E-state index contributed by atoms with van der Waals surface area (Å²) in [5.74, 6) is 0.375. The van der Waals surface area contributed by atoms with Crippen LogP contribution in [0.4, 0.5) is 4.79 Å². The van der Waals surface area contributed by atoms with E-state index < -0.39 is 0 Å². The Morgan fingerprint density at radius 1 is 1.10 bits per heavy atom. The Hall–Kier alpha value is -2.07. The molecule has 0 bridgehead atoms. The molecule has 1 aliphatic rings. The monoisotopic (exact) mass is 396 g/mol. The lowest BCUT2D eigenvalue weighted by molar-refractivity contribution is 0.141. The molecule has 1 unspecified atom stereocenters. The Balaban J connectivity index is 1.96. The normalized spacial score (nSPS) is 17.2. The molecule has 2 aromatic carbocycles. The molecule has 29 heavy (non-hydrogen) atoms. The van der Waals surface area contributed by atoms with Gasteiger partial charge in [0, 0.05) is 12.0 Å². The van der Waals surface area contributed by atoms with Crippen LogP contribution in [-0.4, -0.2) is 43.8 Å². The number of fused-ring (bicyclic) bond motifs is 1. The fourth-order valence-corrected chi connectivity index (χ4v) is 4.73. The third kappa shape index (κ3) is 5.11. The fourth-order valence-electron chi connectivity index (χ4n) is 4.73. The summed E-state index contributed by atoms with van der Waals surface area (Å²) < 4.78 is 5.17. The first-order valence-electron chi connectivity index (χ1n) is 11.2. The number of benzene rings is 2. The Morgan fingerprint density at radius 2 is 1.83 bits per heavy atom. The largest absolute Gasteiger partial charge is 0.450 e. The predicted octanol–water partition coefficient (Wildman–Crippen LogP) is 5.36. The molecule has 1 heterocycles. The van der Waals surface area contributed by atoms with E-state index in [0.29, 0.717) is 19.1 Å². The van der Waals surface area contributed by atoms with Gasteiger partial charge in [-0.05, 0) is 68.1 Å². The van der Waals surface area contributed by atoms with E-state index in [4.69, 9.17) is 4.74 Å². The maximum atomic E-state index is 12.2. The van der Waals surface area contributed by atoms with Gasteiger partial charge in [-0.2, -0.15) is 0 Å². The summed E-state index contributed by atoms with van der Waals surface area (Å²) >= 11 is 0. The molecule has 4 heteroatoms. The van der Waals surface area contributed by atoms with Crippen LogP contribution in [0.5, 0.6) is 0 Å². The number of likely N-dealkylation sites (tertiary alicyclic amines) is 1. The van der Waals surface area contributed by atoms with Gasteiger partial charge in [0.2, 0.25) is 0 Å². The second-order valence-electron chi connectivity index (χ2n) is 8.56. The minimum absolute atomic E-state index is 0.148. The topological polar surface area (TPSA) is 41.6 Å². The van der Waals surface area contributed by atoms with Gasteiger partial charge in [0.25, 0.3) is 0 Å². The van der Waals surface area contributed by atoms with Gasteiger partial charge in [-0.25, -0.2) is 4.79 Å². The molecule has 1 fully saturated rings. The lowest BCUT2D eigenvalue weighted by atomic mass is 9.67. The summed E-state index contributed by atoms with van der Waals surface area (Å²) in [5.41, 5.74) is 1.19. The van der Waals surface area contributed by atoms with Crippen molar-refractivity contribution in [1.29, 1.82) is 0 Å². The molecule has 4 nitrogen and oxygen atoms in total. The molecule has 0 radical (unpaired) electrons. The Morgan fingerprint density at radius 3 is 2.55 bits per heavy atom. The van der Waals surface area contributed by atoms with Crippen LogP contribution in [0.1, 0.15) is 52.0 Å². The van der Waals surface area contributed by atoms with E-state index in [2.05, 4.69) is 66.5 Å². The van der Waals surface area contributed by atoms with Crippen molar-refractivity contribution in [2.45, 2.75) is 51.9 Å². The molecule has 0 spiro atoms. The minimum Gasteiger partial charge on any atom is -0.450 e. The Bertz CT molecular complexity index is 793. The number of carbonyl (C=O) groups is 1. The first-order valence-corrected chi connectivity index (χ1v) is 11.2. The second-order valence-corrected chi connectivity index (χ2v) is 8.56. The first-order chi connectivity index (χ1) is 14.1. The van der Waals surface area contributed by atoms with Crippen LogP contribution in [0.15, 0.2) is 42.5 Å². The lowest BCUT2D eigenvalue weighted by Gasteiger charge is -2.41. The highest BCUT2D eigenvalue weighted by molar-refractivity contribution is 5.86. The van der Waals surface area contributed by atoms with Gasteiger partial charge in [-0.3, -0.25) is 0 Å². The third-order valence-corrected chi connectivity index (χ3v) is 6.58. The maximum Gasteiger partial charge on any atom is 0.407 e. The number of nitrogens with one attached hydrogen (secondary N) is 1. The molecule has 1 N–H and O–H groups in total. The summed E-state index contributed by atoms with van der Waals surface area (Å²) in [5, 5.41) is 5.62.